The lowest BCUT2D eigenvalue weighted by Crippen LogP contribution is -2.62. The number of fused-ring (bicyclic) bond motifs is 5. The van der Waals surface area contributed by atoms with Gasteiger partial charge in [0.2, 0.25) is 0 Å². The summed E-state index contributed by atoms with van der Waals surface area (Å²) in [5, 5.41) is 44.3. The van der Waals surface area contributed by atoms with Gasteiger partial charge >= 0.3 is 7.12 Å². The normalized spacial score (nSPS) is 46.1. The Morgan fingerprint density at radius 1 is 1.02 bits per heavy atom. The summed E-state index contributed by atoms with van der Waals surface area (Å²) in [7, 11) is -0.535. The van der Waals surface area contributed by atoms with Gasteiger partial charge in [0.15, 0.2) is 5.78 Å². The van der Waals surface area contributed by atoms with Gasteiger partial charge in [-0.2, -0.15) is 0 Å². The molecule has 1 aromatic rings. The first-order valence-corrected chi connectivity index (χ1v) is 15.6. The van der Waals surface area contributed by atoms with Gasteiger partial charge in [-0.05, 0) is 107 Å². The monoisotopic (exact) mass is 566 g/mol. The SMILES string of the molecule is CC(C)(O)CC[C@H]1OB(c2ccccc2)O[C@]1(C)C1CC[C@@]2(O)C3=CC(=O)C4C[C@@H](O)[C@@H](O)CC4(C)C3CCC12C. The molecule has 8 heteroatoms. The molecule has 3 saturated carbocycles. The zero-order chi connectivity index (χ0) is 29.6. The molecule has 10 atom stereocenters. The molecule has 1 heterocycles. The van der Waals surface area contributed by atoms with E-state index in [1.54, 1.807) is 6.08 Å². The highest BCUT2D eigenvalue weighted by atomic mass is 16.7. The fraction of sp³-hybridized carbons (Fsp3) is 0.727. The Bertz CT molecular complexity index is 1210. The summed E-state index contributed by atoms with van der Waals surface area (Å²) in [6.45, 7) is 9.99. The average Bonchev–Trinajstić information content (AvgIpc) is 3.39. The predicted octanol–water partition coefficient (Wildman–Crippen LogP) is 3.31. The molecule has 4 fully saturated rings. The van der Waals surface area contributed by atoms with Gasteiger partial charge in [-0.1, -0.05) is 44.2 Å². The van der Waals surface area contributed by atoms with Crippen LogP contribution in [0.5, 0.6) is 0 Å². The maximum absolute atomic E-state index is 13.6. The number of carbonyl (C=O) groups is 1. The van der Waals surface area contributed by atoms with Gasteiger partial charge < -0.3 is 29.7 Å². The van der Waals surface area contributed by atoms with Gasteiger partial charge in [0.25, 0.3) is 0 Å². The zero-order valence-electron chi connectivity index (χ0n) is 25.2. The van der Waals surface area contributed by atoms with E-state index < -0.39 is 47.0 Å². The molecule has 1 saturated heterocycles. The number of aliphatic hydroxyl groups excluding tert-OH is 2. The van der Waals surface area contributed by atoms with Gasteiger partial charge in [-0.3, -0.25) is 4.79 Å². The third-order valence-corrected chi connectivity index (χ3v) is 12.2. The van der Waals surface area contributed by atoms with Crippen LogP contribution in [0.2, 0.25) is 0 Å². The molecule has 0 radical (unpaired) electrons. The summed E-state index contributed by atoms with van der Waals surface area (Å²) in [6, 6.07) is 9.93. The van der Waals surface area contributed by atoms with E-state index in [2.05, 4.69) is 20.8 Å². The maximum Gasteiger partial charge on any atom is 0.494 e. The van der Waals surface area contributed by atoms with Crippen molar-refractivity contribution in [1.82, 2.24) is 0 Å². The van der Waals surface area contributed by atoms with Crippen molar-refractivity contribution in [3.05, 3.63) is 42.0 Å². The number of allylic oxidation sites excluding steroid dienone is 1. The summed E-state index contributed by atoms with van der Waals surface area (Å²) >= 11 is 0. The van der Waals surface area contributed by atoms with Crippen LogP contribution < -0.4 is 5.46 Å². The Hall–Kier alpha value is -1.55. The van der Waals surface area contributed by atoms with Crippen molar-refractivity contribution < 1.29 is 34.5 Å². The van der Waals surface area contributed by atoms with E-state index >= 15 is 0 Å². The van der Waals surface area contributed by atoms with Crippen molar-refractivity contribution in [2.24, 2.45) is 28.6 Å². The summed E-state index contributed by atoms with van der Waals surface area (Å²) in [4.78, 5) is 13.6. The largest absolute Gasteiger partial charge is 0.494 e. The number of ketones is 1. The number of carbonyl (C=O) groups excluding carboxylic acids is 1. The van der Waals surface area contributed by atoms with Gasteiger partial charge in [0, 0.05) is 11.3 Å². The van der Waals surface area contributed by atoms with Crippen LogP contribution in [0.25, 0.3) is 0 Å². The van der Waals surface area contributed by atoms with Crippen LogP contribution >= 0.6 is 0 Å². The van der Waals surface area contributed by atoms with Crippen LogP contribution in [0.4, 0.5) is 0 Å². The highest BCUT2D eigenvalue weighted by Crippen LogP contribution is 2.69. The summed E-state index contributed by atoms with van der Waals surface area (Å²) in [5.74, 6) is -0.450. The Balaban J connectivity index is 1.36. The first-order chi connectivity index (χ1) is 19.1. The maximum atomic E-state index is 13.6. The lowest BCUT2D eigenvalue weighted by molar-refractivity contribution is -0.160. The molecule has 0 aromatic heterocycles. The lowest BCUT2D eigenvalue weighted by Gasteiger charge is -2.60. The summed E-state index contributed by atoms with van der Waals surface area (Å²) in [6.07, 6.45) is 4.30. The molecule has 0 bridgehead atoms. The number of aliphatic hydroxyl groups is 4. The minimum absolute atomic E-state index is 0.0271. The van der Waals surface area contributed by atoms with Gasteiger partial charge in [-0.15, -0.1) is 0 Å². The van der Waals surface area contributed by atoms with E-state index in [1.807, 2.05) is 44.2 Å². The minimum atomic E-state index is -1.18. The van der Waals surface area contributed by atoms with Crippen molar-refractivity contribution >= 4 is 18.4 Å². The molecule has 0 amide bonds. The highest BCUT2D eigenvalue weighted by molar-refractivity contribution is 6.62. The van der Waals surface area contributed by atoms with Crippen LogP contribution in [-0.4, -0.2) is 68.4 Å². The molecule has 5 unspecified atom stereocenters. The molecule has 224 valence electrons. The fourth-order valence-corrected chi connectivity index (χ4v) is 9.81. The van der Waals surface area contributed by atoms with E-state index in [9.17, 15) is 25.2 Å². The van der Waals surface area contributed by atoms with Crippen molar-refractivity contribution in [3.63, 3.8) is 0 Å². The molecule has 7 nitrogen and oxygen atoms in total. The second-order valence-electron chi connectivity index (χ2n) is 15.1. The van der Waals surface area contributed by atoms with Crippen LogP contribution in [0, 0.1) is 28.6 Å². The van der Waals surface area contributed by atoms with E-state index in [-0.39, 0.29) is 36.1 Å². The van der Waals surface area contributed by atoms with Crippen molar-refractivity contribution in [3.8, 4) is 0 Å². The number of hydrogen-bond acceptors (Lipinski definition) is 7. The standard InChI is InChI=1S/C33H47BO7/c1-29(2,38)14-13-28-32(5,41-34(40-28)20-9-7-6-8-10-20)27-12-16-33(39)22-17-24(35)23-18-25(36)26(37)19-30(23,3)21(22)11-15-31(27,33)4/h6-10,17,21,23,25-28,36-39H,11-16,18-19H2,1-5H3/t21?,23?,25-,26+,27?,28-,30?,31?,32-,33-/m1/s1. The van der Waals surface area contributed by atoms with Crippen molar-refractivity contribution in [2.45, 2.75) is 121 Å². The summed E-state index contributed by atoms with van der Waals surface area (Å²) < 4.78 is 13.5. The molecular weight excluding hydrogens is 519 g/mol. The van der Waals surface area contributed by atoms with Crippen LogP contribution in [0.1, 0.15) is 86.0 Å². The third-order valence-electron chi connectivity index (χ3n) is 12.2. The van der Waals surface area contributed by atoms with Gasteiger partial charge in [0.05, 0.1) is 35.1 Å². The van der Waals surface area contributed by atoms with Crippen molar-refractivity contribution in [2.75, 3.05) is 0 Å². The van der Waals surface area contributed by atoms with Crippen LogP contribution in [0.15, 0.2) is 42.0 Å². The smallest absolute Gasteiger partial charge is 0.402 e. The fourth-order valence-electron chi connectivity index (χ4n) is 9.81. The molecule has 4 N–H and O–H groups in total. The Kier molecular flexibility index (Phi) is 7.01. The topological polar surface area (TPSA) is 116 Å². The van der Waals surface area contributed by atoms with Gasteiger partial charge in [-0.25, -0.2) is 0 Å². The van der Waals surface area contributed by atoms with Crippen LogP contribution in [-0.2, 0) is 14.1 Å². The predicted molar refractivity (Wildman–Crippen MR) is 156 cm³/mol. The Labute approximate surface area is 244 Å². The van der Waals surface area contributed by atoms with Crippen molar-refractivity contribution in [1.29, 1.82) is 0 Å². The molecule has 0 spiro atoms. The second kappa shape index (κ2) is 9.73. The number of hydrogen-bond donors (Lipinski definition) is 4. The second-order valence-corrected chi connectivity index (χ2v) is 15.1. The molecule has 41 heavy (non-hydrogen) atoms. The molecule has 5 aliphatic rings. The quantitative estimate of drug-likeness (QED) is 0.404. The first-order valence-electron chi connectivity index (χ1n) is 15.6. The minimum Gasteiger partial charge on any atom is -0.402 e. The Morgan fingerprint density at radius 2 is 1.73 bits per heavy atom. The molecular formula is C33H47BO7. The number of benzene rings is 1. The van der Waals surface area contributed by atoms with E-state index in [1.165, 1.54) is 0 Å². The molecule has 6 rings (SSSR count). The zero-order valence-corrected chi connectivity index (χ0v) is 25.2. The van der Waals surface area contributed by atoms with E-state index in [0.29, 0.717) is 25.7 Å². The average molecular weight is 567 g/mol. The number of rotatable bonds is 5. The first kappa shape index (κ1) is 29.5. The molecule has 4 aliphatic carbocycles. The lowest BCUT2D eigenvalue weighted by atomic mass is 9.45. The third kappa shape index (κ3) is 4.43. The van der Waals surface area contributed by atoms with Gasteiger partial charge in [0.1, 0.15) is 0 Å². The molecule has 1 aromatic carbocycles. The summed E-state index contributed by atoms with van der Waals surface area (Å²) in [5.41, 5.74) is -2.02. The Morgan fingerprint density at radius 3 is 2.41 bits per heavy atom. The van der Waals surface area contributed by atoms with Crippen LogP contribution in [0.3, 0.4) is 0 Å². The van der Waals surface area contributed by atoms with E-state index in [4.69, 9.17) is 9.31 Å². The molecule has 1 aliphatic heterocycles. The highest BCUT2D eigenvalue weighted by Gasteiger charge is 2.71. The van der Waals surface area contributed by atoms with E-state index in [0.717, 1.165) is 30.3 Å².